The number of benzene rings is 2. The molecular weight excluding hydrogens is 462 g/mol. The molecule has 0 aliphatic rings. The number of halogens is 3. The molecule has 152 valence electrons. The fourth-order valence-corrected chi connectivity index (χ4v) is 4.95. The van der Waals surface area contributed by atoms with Crippen molar-refractivity contribution in [3.8, 4) is 0 Å². The van der Waals surface area contributed by atoms with Crippen molar-refractivity contribution in [1.82, 2.24) is 14.9 Å². The standard InChI is InChI=1S/C17H13Cl2FN4O3S2/c1-9(10-2-5-12(20)6-3-10)24-29(26,27)17-23-22-16(28-17)21-15(25)13-7-4-11(18)8-14(13)19/h2-9,24H,1H3,(H,21,22,25)/t9-/m1/s1. The van der Waals surface area contributed by atoms with Crippen LogP contribution in [0.25, 0.3) is 0 Å². The molecule has 0 fully saturated rings. The predicted octanol–water partition coefficient (Wildman–Crippen LogP) is 4.28. The Morgan fingerprint density at radius 1 is 1.14 bits per heavy atom. The minimum Gasteiger partial charge on any atom is -0.296 e. The Hall–Kier alpha value is -2.11. The molecule has 0 aliphatic heterocycles. The summed E-state index contributed by atoms with van der Waals surface area (Å²) in [7, 11) is -4.00. The molecule has 1 heterocycles. The van der Waals surface area contributed by atoms with E-state index in [0.717, 1.165) is 0 Å². The van der Waals surface area contributed by atoms with Crippen LogP contribution in [0.1, 0.15) is 28.9 Å². The molecular formula is C17H13Cl2FN4O3S2. The van der Waals surface area contributed by atoms with Crippen molar-refractivity contribution in [3.05, 3.63) is 69.5 Å². The summed E-state index contributed by atoms with van der Waals surface area (Å²) in [6, 6.07) is 9.14. The van der Waals surface area contributed by atoms with Crippen LogP contribution in [0.5, 0.6) is 0 Å². The highest BCUT2D eigenvalue weighted by molar-refractivity contribution is 7.91. The van der Waals surface area contributed by atoms with Crippen LogP contribution in [-0.2, 0) is 10.0 Å². The second-order valence-electron chi connectivity index (χ2n) is 5.85. The van der Waals surface area contributed by atoms with Crippen LogP contribution in [0.3, 0.4) is 0 Å². The molecule has 29 heavy (non-hydrogen) atoms. The normalized spacial score (nSPS) is 12.6. The number of rotatable bonds is 6. The average molecular weight is 475 g/mol. The summed E-state index contributed by atoms with van der Waals surface area (Å²) in [5, 5.41) is 10.2. The number of nitrogens with zero attached hydrogens (tertiary/aromatic N) is 2. The third kappa shape index (κ3) is 5.28. The number of sulfonamides is 1. The van der Waals surface area contributed by atoms with Gasteiger partial charge in [-0.1, -0.05) is 46.7 Å². The van der Waals surface area contributed by atoms with Gasteiger partial charge in [-0.3, -0.25) is 10.1 Å². The summed E-state index contributed by atoms with van der Waals surface area (Å²) in [6.07, 6.45) is 0. The fourth-order valence-electron chi connectivity index (χ4n) is 2.31. The molecule has 0 bridgehead atoms. The van der Waals surface area contributed by atoms with E-state index in [1.54, 1.807) is 6.92 Å². The Kier molecular flexibility index (Phi) is 6.49. The van der Waals surface area contributed by atoms with Crippen molar-refractivity contribution in [1.29, 1.82) is 0 Å². The van der Waals surface area contributed by atoms with Gasteiger partial charge < -0.3 is 0 Å². The monoisotopic (exact) mass is 474 g/mol. The number of nitrogens with one attached hydrogen (secondary N) is 2. The third-order valence-corrected chi connectivity index (χ3v) is 7.03. The molecule has 12 heteroatoms. The molecule has 0 saturated carbocycles. The number of amides is 1. The first-order chi connectivity index (χ1) is 13.7. The summed E-state index contributed by atoms with van der Waals surface area (Å²) in [4.78, 5) is 12.3. The van der Waals surface area contributed by atoms with Gasteiger partial charge in [0.05, 0.1) is 10.6 Å². The molecule has 3 rings (SSSR count). The Morgan fingerprint density at radius 2 is 1.83 bits per heavy atom. The first-order valence-electron chi connectivity index (χ1n) is 8.03. The van der Waals surface area contributed by atoms with Gasteiger partial charge in [-0.05, 0) is 42.8 Å². The highest BCUT2D eigenvalue weighted by Crippen LogP contribution is 2.25. The van der Waals surface area contributed by atoms with Crippen LogP contribution in [0, 0.1) is 5.82 Å². The quantitative estimate of drug-likeness (QED) is 0.519. The summed E-state index contributed by atoms with van der Waals surface area (Å²) < 4.78 is 40.2. The zero-order valence-corrected chi connectivity index (χ0v) is 17.8. The molecule has 0 saturated heterocycles. The van der Waals surface area contributed by atoms with E-state index >= 15 is 0 Å². The maximum Gasteiger partial charge on any atom is 0.270 e. The van der Waals surface area contributed by atoms with Gasteiger partial charge in [0, 0.05) is 11.1 Å². The van der Waals surface area contributed by atoms with Gasteiger partial charge >= 0.3 is 0 Å². The summed E-state index contributed by atoms with van der Waals surface area (Å²) in [5.74, 6) is -1.01. The lowest BCUT2D eigenvalue weighted by atomic mass is 10.1. The first-order valence-corrected chi connectivity index (χ1v) is 11.1. The van der Waals surface area contributed by atoms with Gasteiger partial charge in [0.1, 0.15) is 5.82 Å². The molecule has 1 atom stereocenters. The highest BCUT2D eigenvalue weighted by atomic mass is 35.5. The number of hydrogen-bond acceptors (Lipinski definition) is 6. The Bertz CT molecular complexity index is 1150. The van der Waals surface area contributed by atoms with Crippen LogP contribution < -0.4 is 10.0 Å². The Morgan fingerprint density at radius 3 is 2.48 bits per heavy atom. The Labute approximate surface area is 179 Å². The minimum atomic E-state index is -4.00. The van der Waals surface area contributed by atoms with Crippen molar-refractivity contribution in [2.75, 3.05) is 5.32 Å². The second-order valence-corrected chi connectivity index (χ2v) is 9.55. The third-order valence-electron chi connectivity index (χ3n) is 3.73. The van der Waals surface area contributed by atoms with Crippen LogP contribution in [0.4, 0.5) is 9.52 Å². The molecule has 2 aromatic carbocycles. The number of anilines is 1. The van der Waals surface area contributed by atoms with Gasteiger partial charge in [-0.15, -0.1) is 10.2 Å². The zero-order valence-electron chi connectivity index (χ0n) is 14.7. The number of carbonyl (C=O) groups excluding carboxylic acids is 1. The van der Waals surface area contributed by atoms with E-state index in [1.165, 1.54) is 42.5 Å². The molecule has 2 N–H and O–H groups in total. The Balaban J connectivity index is 1.72. The topological polar surface area (TPSA) is 101 Å². The minimum absolute atomic E-state index is 0.0178. The lowest BCUT2D eigenvalue weighted by Crippen LogP contribution is -2.26. The molecule has 0 radical (unpaired) electrons. The molecule has 1 amide bonds. The number of aromatic nitrogens is 2. The van der Waals surface area contributed by atoms with Gasteiger partial charge in [0.15, 0.2) is 0 Å². The number of hydrogen-bond donors (Lipinski definition) is 2. The van der Waals surface area contributed by atoms with Gasteiger partial charge in [0.2, 0.25) is 9.47 Å². The molecule has 0 spiro atoms. The average Bonchev–Trinajstić information content (AvgIpc) is 3.11. The first kappa shape index (κ1) is 21.6. The largest absolute Gasteiger partial charge is 0.296 e. The maximum absolute atomic E-state index is 13.0. The molecule has 3 aromatic rings. The summed E-state index contributed by atoms with van der Waals surface area (Å²) in [6.45, 7) is 1.61. The summed E-state index contributed by atoms with van der Waals surface area (Å²) >= 11 is 12.5. The van der Waals surface area contributed by atoms with Crippen LogP contribution in [0.15, 0.2) is 46.8 Å². The van der Waals surface area contributed by atoms with Crippen LogP contribution in [-0.4, -0.2) is 24.5 Å². The molecule has 7 nitrogen and oxygen atoms in total. The van der Waals surface area contributed by atoms with E-state index in [0.29, 0.717) is 21.9 Å². The molecule has 0 unspecified atom stereocenters. The van der Waals surface area contributed by atoms with E-state index in [9.17, 15) is 17.6 Å². The van der Waals surface area contributed by atoms with E-state index in [4.69, 9.17) is 23.2 Å². The number of carbonyl (C=O) groups is 1. The van der Waals surface area contributed by atoms with Gasteiger partial charge in [0.25, 0.3) is 15.9 Å². The van der Waals surface area contributed by atoms with Gasteiger partial charge in [-0.2, -0.15) is 0 Å². The van der Waals surface area contributed by atoms with E-state index in [2.05, 4.69) is 20.2 Å². The zero-order chi connectivity index (χ0) is 21.2. The lowest BCUT2D eigenvalue weighted by molar-refractivity contribution is 0.102. The predicted molar refractivity (Wildman–Crippen MR) is 109 cm³/mol. The van der Waals surface area contributed by atoms with Crippen molar-refractivity contribution >= 4 is 55.6 Å². The van der Waals surface area contributed by atoms with E-state index in [-0.39, 0.29) is 20.1 Å². The molecule has 1 aromatic heterocycles. The SMILES string of the molecule is C[C@@H](NS(=O)(=O)c1nnc(NC(=O)c2ccc(Cl)cc2Cl)s1)c1ccc(F)cc1. The lowest BCUT2D eigenvalue weighted by Gasteiger charge is -2.12. The fraction of sp³-hybridized carbons (Fsp3) is 0.118. The van der Waals surface area contributed by atoms with Gasteiger partial charge in [-0.25, -0.2) is 17.5 Å². The van der Waals surface area contributed by atoms with Crippen molar-refractivity contribution in [2.45, 2.75) is 17.3 Å². The van der Waals surface area contributed by atoms with E-state index < -0.39 is 27.8 Å². The maximum atomic E-state index is 13.0. The second kappa shape index (κ2) is 8.72. The summed E-state index contributed by atoms with van der Waals surface area (Å²) in [5.41, 5.74) is 0.726. The van der Waals surface area contributed by atoms with Crippen molar-refractivity contribution in [3.63, 3.8) is 0 Å². The van der Waals surface area contributed by atoms with Crippen molar-refractivity contribution in [2.24, 2.45) is 0 Å². The van der Waals surface area contributed by atoms with Crippen LogP contribution >= 0.6 is 34.5 Å². The van der Waals surface area contributed by atoms with E-state index in [1.807, 2.05) is 0 Å². The smallest absolute Gasteiger partial charge is 0.270 e. The molecule has 0 aliphatic carbocycles. The van der Waals surface area contributed by atoms with Crippen molar-refractivity contribution < 1.29 is 17.6 Å². The highest BCUT2D eigenvalue weighted by Gasteiger charge is 2.24. The van der Waals surface area contributed by atoms with Crippen LogP contribution in [0.2, 0.25) is 10.0 Å².